The molecule has 2 aromatic rings. The van der Waals surface area contributed by atoms with E-state index in [1.165, 1.54) is 0 Å². The van der Waals surface area contributed by atoms with E-state index < -0.39 is 6.09 Å². The zero-order valence-corrected chi connectivity index (χ0v) is 11.9. The Morgan fingerprint density at radius 2 is 2.00 bits per heavy atom. The topological polar surface area (TPSA) is 78.8 Å². The average molecular weight is 299 g/mol. The Kier molecular flexibility index (Phi) is 3.87. The highest BCUT2D eigenvalue weighted by Crippen LogP contribution is 2.38. The van der Waals surface area contributed by atoms with Crippen LogP contribution in [0.3, 0.4) is 0 Å². The molecule has 0 saturated carbocycles. The number of nitrogens with one attached hydrogen (secondary N) is 1. The molecular formula is C17H17NO4. The summed E-state index contributed by atoms with van der Waals surface area (Å²) in [6.07, 6.45) is -0.402. The first-order chi connectivity index (χ1) is 10.6. The number of fused-ring (bicyclic) bond motifs is 1. The molecule has 0 aliphatic carbocycles. The standard InChI is InChI=1S/C17H17NO4/c19-12-6-7-16-14(9-12)13(8-11-4-2-1-3-5-11)15(10-22-16)18-17(20)21/h1-7,9,13,15,18-19H,8,10H2,(H,20,21). The third-order valence-corrected chi connectivity index (χ3v) is 3.90. The van der Waals surface area contributed by atoms with Gasteiger partial charge in [-0.3, -0.25) is 0 Å². The molecule has 2 atom stereocenters. The van der Waals surface area contributed by atoms with Gasteiger partial charge >= 0.3 is 6.09 Å². The number of ether oxygens (including phenoxy) is 1. The number of amides is 1. The number of carbonyl (C=O) groups is 1. The van der Waals surface area contributed by atoms with Crippen molar-refractivity contribution in [1.29, 1.82) is 0 Å². The van der Waals surface area contributed by atoms with Crippen LogP contribution in [0.5, 0.6) is 11.5 Å². The molecule has 5 nitrogen and oxygen atoms in total. The van der Waals surface area contributed by atoms with Gasteiger partial charge in [0, 0.05) is 11.5 Å². The van der Waals surface area contributed by atoms with Crippen LogP contribution >= 0.6 is 0 Å². The fraction of sp³-hybridized carbons (Fsp3) is 0.235. The molecule has 1 aliphatic rings. The number of hydrogen-bond acceptors (Lipinski definition) is 3. The van der Waals surface area contributed by atoms with Crippen LogP contribution in [0.15, 0.2) is 48.5 Å². The van der Waals surface area contributed by atoms with Crippen molar-refractivity contribution in [3.05, 3.63) is 59.7 Å². The van der Waals surface area contributed by atoms with E-state index >= 15 is 0 Å². The lowest BCUT2D eigenvalue weighted by molar-refractivity contribution is 0.167. The number of benzene rings is 2. The van der Waals surface area contributed by atoms with E-state index in [0.29, 0.717) is 12.2 Å². The molecule has 1 amide bonds. The van der Waals surface area contributed by atoms with E-state index in [0.717, 1.165) is 11.1 Å². The first-order valence-corrected chi connectivity index (χ1v) is 7.12. The summed E-state index contributed by atoms with van der Waals surface area (Å²) in [5.74, 6) is 0.757. The quantitative estimate of drug-likeness (QED) is 0.814. The lowest BCUT2D eigenvalue weighted by Gasteiger charge is -2.33. The summed E-state index contributed by atoms with van der Waals surface area (Å²) >= 11 is 0. The van der Waals surface area contributed by atoms with Crippen LogP contribution < -0.4 is 10.1 Å². The zero-order chi connectivity index (χ0) is 15.5. The Morgan fingerprint density at radius 1 is 1.23 bits per heavy atom. The minimum atomic E-state index is -1.07. The molecule has 2 unspecified atom stereocenters. The average Bonchev–Trinajstić information content (AvgIpc) is 2.50. The molecular weight excluding hydrogens is 282 g/mol. The molecule has 0 fully saturated rings. The van der Waals surface area contributed by atoms with Gasteiger partial charge in [0.2, 0.25) is 0 Å². The van der Waals surface area contributed by atoms with Crippen molar-refractivity contribution in [3.8, 4) is 11.5 Å². The van der Waals surface area contributed by atoms with E-state index in [1.54, 1.807) is 18.2 Å². The predicted octanol–water partition coefficient (Wildman–Crippen LogP) is 2.75. The fourth-order valence-electron chi connectivity index (χ4n) is 2.89. The lowest BCUT2D eigenvalue weighted by atomic mass is 9.84. The van der Waals surface area contributed by atoms with Crippen molar-refractivity contribution in [1.82, 2.24) is 5.32 Å². The maximum atomic E-state index is 11.0. The molecule has 114 valence electrons. The molecule has 3 N–H and O–H groups in total. The van der Waals surface area contributed by atoms with Crippen LogP contribution in [-0.2, 0) is 6.42 Å². The Labute approximate surface area is 128 Å². The van der Waals surface area contributed by atoms with Gasteiger partial charge in [0.05, 0.1) is 6.04 Å². The largest absolute Gasteiger partial charge is 0.508 e. The molecule has 1 heterocycles. The third-order valence-electron chi connectivity index (χ3n) is 3.90. The molecule has 0 bridgehead atoms. The van der Waals surface area contributed by atoms with Crippen molar-refractivity contribution in [2.45, 2.75) is 18.4 Å². The van der Waals surface area contributed by atoms with Crippen molar-refractivity contribution in [3.63, 3.8) is 0 Å². The highest BCUT2D eigenvalue weighted by molar-refractivity contribution is 5.65. The second-order valence-electron chi connectivity index (χ2n) is 5.39. The maximum Gasteiger partial charge on any atom is 0.405 e. The van der Waals surface area contributed by atoms with Crippen LogP contribution in [-0.4, -0.2) is 29.0 Å². The minimum absolute atomic E-state index is 0.0886. The fourth-order valence-corrected chi connectivity index (χ4v) is 2.89. The minimum Gasteiger partial charge on any atom is -0.508 e. The zero-order valence-electron chi connectivity index (χ0n) is 11.9. The second kappa shape index (κ2) is 5.97. The van der Waals surface area contributed by atoms with Crippen molar-refractivity contribution in [2.75, 3.05) is 6.61 Å². The number of rotatable bonds is 3. The summed E-state index contributed by atoms with van der Waals surface area (Å²) in [5.41, 5.74) is 1.94. The Hall–Kier alpha value is -2.69. The predicted molar refractivity (Wildman–Crippen MR) is 81.4 cm³/mol. The number of carboxylic acid groups (broad SMARTS) is 1. The molecule has 0 aromatic heterocycles. The molecule has 22 heavy (non-hydrogen) atoms. The van der Waals surface area contributed by atoms with Crippen LogP contribution in [0.1, 0.15) is 17.0 Å². The summed E-state index contributed by atoms with van der Waals surface area (Å²) in [6.45, 7) is 0.279. The second-order valence-corrected chi connectivity index (χ2v) is 5.39. The SMILES string of the molecule is O=C(O)NC1COc2ccc(O)cc2C1Cc1ccccc1. The van der Waals surface area contributed by atoms with Gasteiger partial charge in [0.15, 0.2) is 0 Å². The molecule has 0 radical (unpaired) electrons. The molecule has 0 spiro atoms. The lowest BCUT2D eigenvalue weighted by Crippen LogP contribution is -2.45. The molecule has 1 aliphatic heterocycles. The van der Waals surface area contributed by atoms with Crippen LogP contribution in [0.2, 0.25) is 0 Å². The van der Waals surface area contributed by atoms with Gasteiger partial charge in [-0.05, 0) is 30.2 Å². The van der Waals surface area contributed by atoms with E-state index in [-0.39, 0.29) is 24.3 Å². The van der Waals surface area contributed by atoms with Gasteiger partial charge in [0.25, 0.3) is 0 Å². The number of aromatic hydroxyl groups is 1. The Balaban J connectivity index is 1.95. The molecule has 0 saturated heterocycles. The van der Waals surface area contributed by atoms with E-state index in [9.17, 15) is 9.90 Å². The molecule has 3 rings (SSSR count). The van der Waals surface area contributed by atoms with Crippen LogP contribution in [0.4, 0.5) is 4.79 Å². The first-order valence-electron chi connectivity index (χ1n) is 7.12. The first kappa shape index (κ1) is 14.3. The van der Waals surface area contributed by atoms with Crippen LogP contribution in [0, 0.1) is 0 Å². The van der Waals surface area contributed by atoms with Gasteiger partial charge in [-0.25, -0.2) is 4.79 Å². The van der Waals surface area contributed by atoms with Crippen molar-refractivity contribution in [2.24, 2.45) is 0 Å². The number of hydrogen-bond donors (Lipinski definition) is 3. The van der Waals surface area contributed by atoms with Gasteiger partial charge in [-0.1, -0.05) is 30.3 Å². The summed E-state index contributed by atoms with van der Waals surface area (Å²) in [5, 5.41) is 21.3. The third kappa shape index (κ3) is 2.98. The Morgan fingerprint density at radius 3 is 2.73 bits per heavy atom. The monoisotopic (exact) mass is 299 g/mol. The summed E-state index contributed by atoms with van der Waals surface area (Å²) in [4.78, 5) is 11.0. The van der Waals surface area contributed by atoms with E-state index in [4.69, 9.17) is 9.84 Å². The molecule has 2 aromatic carbocycles. The van der Waals surface area contributed by atoms with Gasteiger partial charge in [0.1, 0.15) is 18.1 Å². The van der Waals surface area contributed by atoms with Gasteiger partial charge < -0.3 is 20.3 Å². The summed E-state index contributed by atoms with van der Waals surface area (Å²) in [7, 11) is 0. The summed E-state index contributed by atoms with van der Waals surface area (Å²) < 4.78 is 5.62. The summed E-state index contributed by atoms with van der Waals surface area (Å²) in [6, 6.07) is 14.5. The highest BCUT2D eigenvalue weighted by Gasteiger charge is 2.32. The Bertz CT molecular complexity index is 672. The maximum absolute atomic E-state index is 11.0. The van der Waals surface area contributed by atoms with Crippen molar-refractivity contribution < 1.29 is 19.7 Å². The normalized spacial score (nSPS) is 19.8. The van der Waals surface area contributed by atoms with Gasteiger partial charge in [-0.2, -0.15) is 0 Å². The van der Waals surface area contributed by atoms with E-state index in [1.807, 2.05) is 30.3 Å². The highest BCUT2D eigenvalue weighted by atomic mass is 16.5. The van der Waals surface area contributed by atoms with Crippen LogP contribution in [0.25, 0.3) is 0 Å². The van der Waals surface area contributed by atoms with E-state index in [2.05, 4.69) is 5.32 Å². The number of phenolic OH excluding ortho intramolecular Hbond substituents is 1. The van der Waals surface area contributed by atoms with Gasteiger partial charge in [-0.15, -0.1) is 0 Å². The molecule has 5 heteroatoms. The van der Waals surface area contributed by atoms with Crippen molar-refractivity contribution >= 4 is 6.09 Å². The smallest absolute Gasteiger partial charge is 0.405 e. The number of phenols is 1.